The van der Waals surface area contributed by atoms with Crippen LogP contribution in [-0.4, -0.2) is 54.9 Å². The van der Waals surface area contributed by atoms with E-state index in [0.717, 1.165) is 19.5 Å². The third kappa shape index (κ3) is 5.45. The zero-order valence-electron chi connectivity index (χ0n) is 10.9. The average Bonchev–Trinajstić information content (AvgIpc) is 2.34. The third-order valence-corrected chi connectivity index (χ3v) is 2.68. The maximum atomic E-state index is 11.8. The van der Waals surface area contributed by atoms with Crippen molar-refractivity contribution in [1.29, 1.82) is 0 Å². The zero-order chi connectivity index (χ0) is 12.7. The van der Waals surface area contributed by atoms with Gasteiger partial charge in [0.15, 0.2) is 0 Å². The summed E-state index contributed by atoms with van der Waals surface area (Å²) in [5.74, 6) is 0.202. The minimum atomic E-state index is 0.202. The van der Waals surface area contributed by atoms with Gasteiger partial charge in [-0.15, -0.1) is 0 Å². The van der Waals surface area contributed by atoms with Crippen LogP contribution < -0.4 is 0 Å². The van der Waals surface area contributed by atoms with E-state index in [-0.39, 0.29) is 5.91 Å². The lowest BCUT2D eigenvalue weighted by atomic mass is 10.2. The number of nitrogens with zero attached hydrogens (tertiary/aromatic N) is 3. The number of carbonyl (C=O) groups excluding carboxylic acids is 1. The lowest BCUT2D eigenvalue weighted by molar-refractivity contribution is -0.130. The molecule has 0 spiro atoms. The Morgan fingerprint density at radius 2 is 1.82 bits per heavy atom. The number of hydrogen-bond acceptors (Lipinski definition) is 3. The molecule has 17 heavy (non-hydrogen) atoms. The van der Waals surface area contributed by atoms with Gasteiger partial charge in [-0.2, -0.15) is 0 Å². The first-order valence-corrected chi connectivity index (χ1v) is 5.87. The Hall–Kier alpha value is -1.42. The van der Waals surface area contributed by atoms with E-state index in [1.807, 2.05) is 38.2 Å². The Morgan fingerprint density at radius 1 is 1.18 bits per heavy atom. The molecule has 0 unspecified atom stereocenters. The Labute approximate surface area is 103 Å². The van der Waals surface area contributed by atoms with E-state index in [0.29, 0.717) is 6.42 Å². The molecule has 0 bridgehead atoms. The van der Waals surface area contributed by atoms with Gasteiger partial charge >= 0.3 is 0 Å². The van der Waals surface area contributed by atoms with E-state index in [4.69, 9.17) is 0 Å². The van der Waals surface area contributed by atoms with Crippen LogP contribution in [0.3, 0.4) is 0 Å². The molecule has 4 heteroatoms. The van der Waals surface area contributed by atoms with E-state index >= 15 is 0 Å². The van der Waals surface area contributed by atoms with Crippen molar-refractivity contribution in [2.75, 3.05) is 34.2 Å². The van der Waals surface area contributed by atoms with E-state index < -0.39 is 0 Å². The van der Waals surface area contributed by atoms with Gasteiger partial charge in [0, 0.05) is 39.0 Å². The van der Waals surface area contributed by atoms with Crippen molar-refractivity contribution < 1.29 is 4.79 Å². The highest BCUT2D eigenvalue weighted by atomic mass is 16.2. The lowest BCUT2D eigenvalue weighted by Gasteiger charge is -2.18. The van der Waals surface area contributed by atoms with Crippen LogP contribution in [0.2, 0.25) is 0 Å². The van der Waals surface area contributed by atoms with Crippen LogP contribution in [0.25, 0.3) is 0 Å². The van der Waals surface area contributed by atoms with Gasteiger partial charge in [-0.1, -0.05) is 0 Å². The molecule has 1 aromatic heterocycles. The highest BCUT2D eigenvalue weighted by molar-refractivity contribution is 5.76. The van der Waals surface area contributed by atoms with Crippen LogP contribution in [0.5, 0.6) is 0 Å². The molecule has 0 saturated heterocycles. The fourth-order valence-electron chi connectivity index (χ4n) is 1.48. The first-order valence-electron chi connectivity index (χ1n) is 5.87. The number of amides is 1. The molecule has 4 nitrogen and oxygen atoms in total. The third-order valence-electron chi connectivity index (χ3n) is 2.68. The van der Waals surface area contributed by atoms with Crippen LogP contribution >= 0.6 is 0 Å². The van der Waals surface area contributed by atoms with Crippen LogP contribution in [0.4, 0.5) is 0 Å². The van der Waals surface area contributed by atoms with Crippen molar-refractivity contribution in [1.82, 2.24) is 14.8 Å². The molecule has 0 N–H and O–H groups in total. The van der Waals surface area contributed by atoms with Crippen LogP contribution in [-0.2, 0) is 11.2 Å². The Morgan fingerprint density at radius 3 is 2.41 bits per heavy atom. The molecule has 0 aliphatic carbocycles. The molecular weight excluding hydrogens is 214 g/mol. The van der Waals surface area contributed by atoms with E-state index in [1.165, 1.54) is 5.56 Å². The second-order valence-electron chi connectivity index (χ2n) is 4.47. The summed E-state index contributed by atoms with van der Waals surface area (Å²) in [4.78, 5) is 19.5. The molecule has 1 heterocycles. The van der Waals surface area contributed by atoms with E-state index in [1.54, 1.807) is 17.3 Å². The minimum Gasteiger partial charge on any atom is -0.345 e. The maximum absolute atomic E-state index is 11.8. The monoisotopic (exact) mass is 235 g/mol. The Balaban J connectivity index is 2.29. The molecule has 94 valence electrons. The minimum absolute atomic E-state index is 0.202. The summed E-state index contributed by atoms with van der Waals surface area (Å²) < 4.78 is 0. The van der Waals surface area contributed by atoms with Gasteiger partial charge in [0.25, 0.3) is 0 Å². The number of aromatic nitrogens is 1. The summed E-state index contributed by atoms with van der Waals surface area (Å²) in [6.07, 6.45) is 5.03. The molecule has 1 aromatic rings. The number of hydrogen-bond donors (Lipinski definition) is 0. The average molecular weight is 235 g/mol. The summed E-state index contributed by atoms with van der Waals surface area (Å²) in [7, 11) is 5.81. The Bertz CT molecular complexity index is 338. The highest BCUT2D eigenvalue weighted by Gasteiger charge is 2.08. The summed E-state index contributed by atoms with van der Waals surface area (Å²) in [6, 6.07) is 3.97. The molecule has 1 rings (SSSR count). The largest absolute Gasteiger partial charge is 0.345 e. The molecule has 0 radical (unpaired) electrons. The molecule has 0 aromatic carbocycles. The van der Waals surface area contributed by atoms with Crippen molar-refractivity contribution in [3.05, 3.63) is 30.1 Å². The van der Waals surface area contributed by atoms with Crippen molar-refractivity contribution in [2.45, 2.75) is 12.8 Å². The first-order chi connectivity index (χ1) is 8.09. The summed E-state index contributed by atoms with van der Waals surface area (Å²) in [6.45, 7) is 1.56. The van der Waals surface area contributed by atoms with Gasteiger partial charge in [-0.25, -0.2) is 0 Å². The first kappa shape index (κ1) is 13.6. The molecular formula is C13H21N3O. The van der Waals surface area contributed by atoms with Crippen molar-refractivity contribution in [3.63, 3.8) is 0 Å². The number of pyridine rings is 1. The van der Waals surface area contributed by atoms with Gasteiger partial charge in [0.2, 0.25) is 5.91 Å². The van der Waals surface area contributed by atoms with Crippen LogP contribution in [0.15, 0.2) is 24.5 Å². The van der Waals surface area contributed by atoms with Crippen LogP contribution in [0.1, 0.15) is 12.0 Å². The van der Waals surface area contributed by atoms with Gasteiger partial charge in [-0.3, -0.25) is 9.78 Å². The smallest absolute Gasteiger partial charge is 0.223 e. The van der Waals surface area contributed by atoms with Gasteiger partial charge in [0.1, 0.15) is 0 Å². The fraction of sp³-hybridized carbons (Fsp3) is 0.538. The van der Waals surface area contributed by atoms with Crippen molar-refractivity contribution in [3.8, 4) is 0 Å². The van der Waals surface area contributed by atoms with Crippen molar-refractivity contribution in [2.24, 2.45) is 0 Å². The normalized spacial score (nSPS) is 10.6. The van der Waals surface area contributed by atoms with Gasteiger partial charge in [-0.05, 0) is 38.2 Å². The Kier molecular flexibility index (Phi) is 5.63. The standard InChI is InChI=1S/C13H21N3O/c1-15(2)10-7-13(17)16(3)11-6-12-4-8-14-9-5-12/h4-5,8-9H,6-7,10-11H2,1-3H3. The molecule has 0 atom stereocenters. The number of carbonyl (C=O) groups is 1. The highest BCUT2D eigenvalue weighted by Crippen LogP contribution is 2.00. The summed E-state index contributed by atoms with van der Waals surface area (Å²) >= 11 is 0. The molecule has 0 aliphatic heterocycles. The quantitative estimate of drug-likeness (QED) is 0.739. The number of rotatable bonds is 6. The second-order valence-corrected chi connectivity index (χ2v) is 4.47. The second kappa shape index (κ2) is 7.01. The number of likely N-dealkylation sites (N-methyl/N-ethyl adjacent to an activating group) is 1. The van der Waals surface area contributed by atoms with E-state index in [2.05, 4.69) is 4.98 Å². The molecule has 1 amide bonds. The fourth-order valence-corrected chi connectivity index (χ4v) is 1.48. The lowest BCUT2D eigenvalue weighted by Crippen LogP contribution is -2.31. The summed E-state index contributed by atoms with van der Waals surface area (Å²) in [5, 5.41) is 0. The van der Waals surface area contributed by atoms with Crippen molar-refractivity contribution >= 4 is 5.91 Å². The molecule has 0 fully saturated rings. The molecule has 0 aliphatic rings. The maximum Gasteiger partial charge on any atom is 0.223 e. The van der Waals surface area contributed by atoms with E-state index in [9.17, 15) is 4.79 Å². The van der Waals surface area contributed by atoms with Gasteiger partial charge in [0.05, 0.1) is 0 Å². The topological polar surface area (TPSA) is 36.4 Å². The van der Waals surface area contributed by atoms with Gasteiger partial charge < -0.3 is 9.80 Å². The zero-order valence-corrected chi connectivity index (χ0v) is 10.9. The predicted molar refractivity (Wildman–Crippen MR) is 68.7 cm³/mol. The summed E-state index contributed by atoms with van der Waals surface area (Å²) in [5.41, 5.74) is 1.22. The SMILES string of the molecule is CN(C)CCC(=O)N(C)CCc1ccncc1. The van der Waals surface area contributed by atoms with Crippen LogP contribution in [0, 0.1) is 0 Å². The predicted octanol–water partition coefficient (Wildman–Crippen LogP) is 1.03. The molecule has 0 saturated carbocycles.